The number of cyclic esters (lactones) is 1. The summed E-state index contributed by atoms with van der Waals surface area (Å²) in [4.78, 5) is 28.7. The molecule has 5 heteroatoms. The Morgan fingerprint density at radius 3 is 2.21 bits per heavy atom. The number of hydrogen-bond donors (Lipinski definition) is 0. The molecule has 1 aliphatic heterocycles. The molecule has 28 heavy (non-hydrogen) atoms. The Morgan fingerprint density at radius 2 is 1.54 bits per heavy atom. The van der Waals surface area contributed by atoms with Gasteiger partial charge in [0.25, 0.3) is 0 Å². The van der Waals surface area contributed by atoms with Gasteiger partial charge >= 0.3 is 6.09 Å². The predicted molar refractivity (Wildman–Crippen MR) is 108 cm³/mol. The molecule has 0 aromatic heterocycles. The van der Waals surface area contributed by atoms with Crippen LogP contribution in [0.4, 0.5) is 4.79 Å². The molecule has 4 rings (SSSR count). The van der Waals surface area contributed by atoms with Crippen molar-refractivity contribution >= 4 is 23.8 Å². The third kappa shape index (κ3) is 3.80. The monoisotopic (exact) mass is 389 g/mol. The number of imide groups is 1. The van der Waals surface area contributed by atoms with E-state index in [1.165, 1.54) is 4.90 Å². The van der Waals surface area contributed by atoms with Crippen LogP contribution < -0.4 is 0 Å². The third-order valence-electron chi connectivity index (χ3n) is 4.61. The molecule has 3 aromatic rings. The van der Waals surface area contributed by atoms with Crippen molar-refractivity contribution in [1.29, 1.82) is 0 Å². The first-order chi connectivity index (χ1) is 13.7. The molecule has 140 valence electrons. The highest BCUT2D eigenvalue weighted by Gasteiger charge is 2.36. The van der Waals surface area contributed by atoms with Crippen LogP contribution >= 0.6 is 11.8 Å². The van der Waals surface area contributed by atoms with Crippen LogP contribution in [0.5, 0.6) is 0 Å². The highest BCUT2D eigenvalue weighted by atomic mass is 32.2. The van der Waals surface area contributed by atoms with Gasteiger partial charge in [0.1, 0.15) is 6.61 Å². The molecule has 0 spiro atoms. The van der Waals surface area contributed by atoms with Gasteiger partial charge in [-0.15, -0.1) is 0 Å². The zero-order valence-corrected chi connectivity index (χ0v) is 16.0. The number of amides is 2. The molecule has 0 bridgehead atoms. The lowest BCUT2D eigenvalue weighted by Gasteiger charge is -2.23. The van der Waals surface area contributed by atoms with Crippen molar-refractivity contribution in [1.82, 2.24) is 4.90 Å². The first-order valence-corrected chi connectivity index (χ1v) is 9.90. The Bertz CT molecular complexity index is 975. The van der Waals surface area contributed by atoms with Gasteiger partial charge in [0.2, 0.25) is 5.91 Å². The fourth-order valence-electron chi connectivity index (χ4n) is 3.28. The van der Waals surface area contributed by atoms with Crippen molar-refractivity contribution in [2.24, 2.45) is 0 Å². The van der Waals surface area contributed by atoms with Gasteiger partial charge in [-0.05, 0) is 29.3 Å². The zero-order valence-electron chi connectivity index (χ0n) is 15.2. The summed E-state index contributed by atoms with van der Waals surface area (Å²) in [6.45, 7) is 0.529. The molecule has 1 aliphatic rings. The first-order valence-electron chi connectivity index (χ1n) is 9.09. The normalized spacial score (nSPS) is 14.6. The highest BCUT2D eigenvalue weighted by molar-refractivity contribution is 7.99. The van der Waals surface area contributed by atoms with Gasteiger partial charge in [-0.25, -0.2) is 9.69 Å². The first kappa shape index (κ1) is 18.3. The van der Waals surface area contributed by atoms with Gasteiger partial charge in [0.05, 0.1) is 12.5 Å². The Balaban J connectivity index is 1.77. The number of benzene rings is 3. The van der Waals surface area contributed by atoms with Crippen LogP contribution in [0.25, 0.3) is 0 Å². The van der Waals surface area contributed by atoms with Crippen molar-refractivity contribution in [2.75, 3.05) is 13.2 Å². The maximum absolute atomic E-state index is 13.4. The van der Waals surface area contributed by atoms with Gasteiger partial charge in [-0.1, -0.05) is 78.5 Å². The van der Waals surface area contributed by atoms with E-state index in [0.717, 1.165) is 20.9 Å². The van der Waals surface area contributed by atoms with Gasteiger partial charge in [0, 0.05) is 9.79 Å². The second-order valence-electron chi connectivity index (χ2n) is 6.40. The molecule has 0 N–H and O–H groups in total. The number of nitrogens with zero attached hydrogens (tertiary/aromatic N) is 1. The quantitative estimate of drug-likeness (QED) is 0.620. The minimum Gasteiger partial charge on any atom is -0.447 e. The van der Waals surface area contributed by atoms with Crippen LogP contribution in [0.15, 0.2) is 94.7 Å². The van der Waals surface area contributed by atoms with E-state index >= 15 is 0 Å². The standard InChI is InChI=1S/C23H19NO3S/c25-22(24-15-16-27-23(24)26)21(17-9-3-1-4-10-17)19-13-7-8-14-20(19)28-18-11-5-2-6-12-18/h1-14,21H,15-16H2. The SMILES string of the molecule is O=C1OCCN1C(=O)C(c1ccccc1)c1ccccc1Sc1ccccc1. The van der Waals surface area contributed by atoms with Crippen LogP contribution in [0.2, 0.25) is 0 Å². The molecule has 4 nitrogen and oxygen atoms in total. The number of carbonyl (C=O) groups excluding carboxylic acids is 2. The van der Waals surface area contributed by atoms with Gasteiger partial charge in [0.15, 0.2) is 0 Å². The molecule has 1 fully saturated rings. The summed E-state index contributed by atoms with van der Waals surface area (Å²) in [5.41, 5.74) is 1.74. The number of ether oxygens (including phenoxy) is 1. The number of rotatable bonds is 5. The lowest BCUT2D eigenvalue weighted by atomic mass is 9.90. The molecule has 0 radical (unpaired) electrons. The van der Waals surface area contributed by atoms with E-state index in [1.807, 2.05) is 84.9 Å². The van der Waals surface area contributed by atoms with Gasteiger partial charge in [-0.2, -0.15) is 0 Å². The molecular weight excluding hydrogens is 370 g/mol. The third-order valence-corrected chi connectivity index (χ3v) is 5.71. The van der Waals surface area contributed by atoms with E-state index in [0.29, 0.717) is 0 Å². The Hall–Kier alpha value is -3.05. The van der Waals surface area contributed by atoms with Crippen LogP contribution in [0, 0.1) is 0 Å². The van der Waals surface area contributed by atoms with E-state index in [1.54, 1.807) is 11.8 Å². The van der Waals surface area contributed by atoms with E-state index < -0.39 is 12.0 Å². The van der Waals surface area contributed by atoms with Gasteiger partial charge in [-0.3, -0.25) is 4.79 Å². The second-order valence-corrected chi connectivity index (χ2v) is 7.52. The van der Waals surface area contributed by atoms with E-state index in [4.69, 9.17) is 4.74 Å². The minimum absolute atomic E-state index is 0.243. The van der Waals surface area contributed by atoms with E-state index in [-0.39, 0.29) is 19.1 Å². The molecular formula is C23H19NO3S. The topological polar surface area (TPSA) is 46.6 Å². The maximum Gasteiger partial charge on any atom is 0.416 e. The summed E-state index contributed by atoms with van der Waals surface area (Å²) in [5.74, 6) is -0.825. The highest BCUT2D eigenvalue weighted by Crippen LogP contribution is 2.37. The van der Waals surface area contributed by atoms with Crippen LogP contribution in [-0.2, 0) is 9.53 Å². The summed E-state index contributed by atoms with van der Waals surface area (Å²) in [6, 6.07) is 27.5. The lowest BCUT2D eigenvalue weighted by molar-refractivity contribution is -0.128. The average Bonchev–Trinajstić information content (AvgIpc) is 3.17. The van der Waals surface area contributed by atoms with Crippen molar-refractivity contribution < 1.29 is 14.3 Å². The van der Waals surface area contributed by atoms with Crippen LogP contribution in [0.3, 0.4) is 0 Å². The maximum atomic E-state index is 13.4. The second kappa shape index (κ2) is 8.31. The van der Waals surface area contributed by atoms with E-state index in [9.17, 15) is 9.59 Å². The fraction of sp³-hybridized carbons (Fsp3) is 0.130. The number of hydrogen-bond acceptors (Lipinski definition) is 4. The average molecular weight is 389 g/mol. The molecule has 0 saturated carbocycles. The molecule has 1 heterocycles. The van der Waals surface area contributed by atoms with Gasteiger partial charge < -0.3 is 4.74 Å². The fourth-order valence-corrected chi connectivity index (χ4v) is 4.28. The summed E-state index contributed by atoms with van der Waals surface area (Å²) < 4.78 is 5.00. The molecule has 1 atom stereocenters. The molecule has 0 aliphatic carbocycles. The summed E-state index contributed by atoms with van der Waals surface area (Å²) in [7, 11) is 0. The van der Waals surface area contributed by atoms with Crippen LogP contribution in [0.1, 0.15) is 17.0 Å². The molecule has 1 saturated heterocycles. The largest absolute Gasteiger partial charge is 0.447 e. The Kier molecular flexibility index (Phi) is 5.44. The summed E-state index contributed by atoms with van der Waals surface area (Å²) >= 11 is 1.61. The van der Waals surface area contributed by atoms with E-state index in [2.05, 4.69) is 0 Å². The Morgan fingerprint density at radius 1 is 0.893 bits per heavy atom. The predicted octanol–water partition coefficient (Wildman–Crippen LogP) is 4.95. The smallest absolute Gasteiger partial charge is 0.416 e. The van der Waals surface area contributed by atoms with Crippen molar-refractivity contribution in [3.63, 3.8) is 0 Å². The zero-order chi connectivity index (χ0) is 19.3. The van der Waals surface area contributed by atoms with Crippen molar-refractivity contribution in [3.8, 4) is 0 Å². The molecule has 1 unspecified atom stereocenters. The summed E-state index contributed by atoms with van der Waals surface area (Å²) in [5, 5.41) is 0. The van der Waals surface area contributed by atoms with Crippen molar-refractivity contribution in [2.45, 2.75) is 15.7 Å². The number of carbonyl (C=O) groups is 2. The minimum atomic E-state index is -0.570. The summed E-state index contributed by atoms with van der Waals surface area (Å²) in [6.07, 6.45) is -0.570. The van der Waals surface area contributed by atoms with Crippen molar-refractivity contribution in [3.05, 3.63) is 96.1 Å². The van der Waals surface area contributed by atoms with Crippen LogP contribution in [-0.4, -0.2) is 30.1 Å². The molecule has 2 amide bonds. The molecule has 3 aromatic carbocycles. The Labute approximate surface area is 168 Å². The lowest BCUT2D eigenvalue weighted by Crippen LogP contribution is -2.36.